The fourth-order valence-corrected chi connectivity index (χ4v) is 12.0. The van der Waals surface area contributed by atoms with Crippen LogP contribution < -0.4 is 15.2 Å². The minimum Gasteiger partial charge on any atom is -0.497 e. The number of anilines is 1. The maximum atomic E-state index is 13.6. The Kier molecular flexibility index (Phi) is 11.6. The van der Waals surface area contributed by atoms with E-state index in [1.807, 2.05) is 29.2 Å². The summed E-state index contributed by atoms with van der Waals surface area (Å²) in [6.07, 6.45) is -5.65. The van der Waals surface area contributed by atoms with Gasteiger partial charge in [0.2, 0.25) is 5.91 Å². The molecule has 48 heavy (non-hydrogen) atoms. The number of likely N-dealkylation sites (tertiary alicyclic amines) is 1. The first-order valence-electron chi connectivity index (χ1n) is 16.8. The monoisotopic (exact) mass is 686 g/mol. The number of carbonyl (C=O) groups is 2. The zero-order valence-electron chi connectivity index (χ0n) is 28.1. The van der Waals surface area contributed by atoms with Crippen molar-refractivity contribution in [3.8, 4) is 5.75 Å². The van der Waals surface area contributed by atoms with Crippen molar-refractivity contribution in [2.45, 2.75) is 107 Å². The second-order valence-electron chi connectivity index (χ2n) is 14.0. The van der Waals surface area contributed by atoms with Crippen molar-refractivity contribution in [1.29, 1.82) is 0 Å². The van der Waals surface area contributed by atoms with Crippen LogP contribution in [0.4, 0.5) is 5.69 Å². The Morgan fingerprint density at radius 2 is 1.73 bits per heavy atom. The van der Waals surface area contributed by atoms with Gasteiger partial charge in [0.25, 0.3) is 5.91 Å². The molecule has 0 unspecified atom stereocenters. The van der Waals surface area contributed by atoms with Crippen LogP contribution in [0, 0.1) is 5.92 Å². The number of benzene rings is 2. The van der Waals surface area contributed by atoms with Crippen molar-refractivity contribution >= 4 is 30.8 Å². The number of methoxy groups -OCH3 is 1. The van der Waals surface area contributed by atoms with Crippen molar-refractivity contribution in [3.05, 3.63) is 54.1 Å². The average Bonchev–Trinajstić information content (AvgIpc) is 3.68. The predicted octanol–water partition coefficient (Wildman–Crippen LogP) is 1.13. The highest BCUT2D eigenvalue weighted by Crippen LogP contribution is 2.47. The Morgan fingerprint density at radius 1 is 1.00 bits per heavy atom. The number of nitrogens with zero attached hydrogens (tertiary/aromatic N) is 1. The van der Waals surface area contributed by atoms with E-state index < -0.39 is 44.7 Å². The van der Waals surface area contributed by atoms with E-state index in [0.717, 1.165) is 24.2 Å². The molecule has 0 bridgehead atoms. The van der Waals surface area contributed by atoms with Gasteiger partial charge in [0.15, 0.2) is 12.4 Å². The van der Waals surface area contributed by atoms with Crippen LogP contribution >= 0.6 is 0 Å². The van der Waals surface area contributed by atoms with Gasteiger partial charge in [-0.2, -0.15) is 0 Å². The molecular weight excluding hydrogens is 636 g/mol. The molecule has 0 radical (unpaired) electrons. The van der Waals surface area contributed by atoms with E-state index in [0.29, 0.717) is 25.1 Å². The third-order valence-corrected chi connectivity index (χ3v) is 15.0. The lowest BCUT2D eigenvalue weighted by atomic mass is 9.95. The summed E-state index contributed by atoms with van der Waals surface area (Å²) in [4.78, 5) is 28.3. The van der Waals surface area contributed by atoms with Gasteiger partial charge in [-0.3, -0.25) is 9.59 Å². The van der Waals surface area contributed by atoms with E-state index >= 15 is 0 Å². The zero-order valence-corrected chi connectivity index (χ0v) is 29.1. The minimum atomic E-state index is -2.19. The lowest BCUT2D eigenvalue weighted by Gasteiger charge is -2.37. The first-order valence-corrected chi connectivity index (χ1v) is 19.9. The number of aryl methyl sites for hydroxylation is 1. The summed E-state index contributed by atoms with van der Waals surface area (Å²) >= 11 is 0. The quantitative estimate of drug-likeness (QED) is 0.188. The summed E-state index contributed by atoms with van der Waals surface area (Å²) in [5.74, 6) is 0.224. The Hall–Kier alpha value is -2.88. The van der Waals surface area contributed by atoms with E-state index in [1.165, 1.54) is 5.19 Å². The number of nitrogens with one attached hydrogen (secondary N) is 1. The third-order valence-electron chi connectivity index (χ3n) is 10.6. The van der Waals surface area contributed by atoms with Crippen LogP contribution in [-0.4, -0.2) is 120 Å². The van der Waals surface area contributed by atoms with Crippen LogP contribution in [0.25, 0.3) is 0 Å². The first-order chi connectivity index (χ1) is 22.8. The standard InChI is InChI=1S/C35H50N2O10Si/c1-20-26(15-10-21-7-5-8-22(17-21)36-34(43)32-30(41)29(40)31(42)35(44)47-32)46-27(18-28(39)37-16-6-9-23(37)19-38)33(20)48(3,4)25-13-11-24(45-2)12-14-25/h5,7-8,11-14,17,20,23,26-27,29-33,35,38,40-42,44H,6,9-10,15-16,18-19H2,1-4H3,(H,36,43)/t20-,23+,26+,27-,29+,30+,31-,32+,33+,35-/m1/s1. The van der Waals surface area contributed by atoms with Crippen molar-refractivity contribution in [1.82, 2.24) is 4.90 Å². The summed E-state index contributed by atoms with van der Waals surface area (Å²) in [6, 6.07) is 15.3. The van der Waals surface area contributed by atoms with Gasteiger partial charge in [0.05, 0.1) is 46.5 Å². The smallest absolute Gasteiger partial charge is 0.256 e. The molecule has 2 amide bonds. The van der Waals surface area contributed by atoms with E-state index in [1.54, 1.807) is 19.2 Å². The molecule has 0 saturated carbocycles. The van der Waals surface area contributed by atoms with Crippen LogP contribution in [0.5, 0.6) is 5.75 Å². The molecule has 3 fully saturated rings. The van der Waals surface area contributed by atoms with Gasteiger partial charge in [-0.25, -0.2) is 0 Å². The molecule has 2 aromatic rings. The zero-order chi connectivity index (χ0) is 34.7. The highest BCUT2D eigenvalue weighted by Gasteiger charge is 2.51. The fraction of sp³-hybridized carbons (Fsp3) is 0.600. The Bertz CT molecular complexity index is 1410. The summed E-state index contributed by atoms with van der Waals surface area (Å²) < 4.78 is 17.3. The lowest BCUT2D eigenvalue weighted by molar-refractivity contribution is -0.274. The van der Waals surface area contributed by atoms with Crippen molar-refractivity contribution in [2.75, 3.05) is 25.6 Å². The molecular formula is C35H50N2O10Si. The molecule has 3 aliphatic rings. The predicted molar refractivity (Wildman–Crippen MR) is 180 cm³/mol. The normalized spacial score (nSPS) is 32.3. The lowest BCUT2D eigenvalue weighted by Crippen LogP contribution is -2.60. The molecule has 3 aliphatic heterocycles. The third kappa shape index (κ3) is 7.63. The highest BCUT2D eigenvalue weighted by atomic mass is 28.3. The fourth-order valence-electron chi connectivity index (χ4n) is 7.89. The van der Waals surface area contributed by atoms with Gasteiger partial charge in [0.1, 0.15) is 24.1 Å². The van der Waals surface area contributed by atoms with Crippen LogP contribution in [0.3, 0.4) is 0 Å². The minimum absolute atomic E-state index is 0.0268. The van der Waals surface area contributed by atoms with Crippen molar-refractivity contribution in [3.63, 3.8) is 0 Å². The summed E-state index contributed by atoms with van der Waals surface area (Å²) in [7, 11) is -0.536. The van der Waals surface area contributed by atoms with Crippen LogP contribution in [-0.2, 0) is 25.5 Å². The Balaban J connectivity index is 1.29. The van der Waals surface area contributed by atoms with Crippen LogP contribution in [0.1, 0.15) is 38.2 Å². The highest BCUT2D eigenvalue weighted by molar-refractivity contribution is 6.91. The molecule has 6 N–H and O–H groups in total. The topological polar surface area (TPSA) is 178 Å². The summed E-state index contributed by atoms with van der Waals surface area (Å²) in [5, 5.41) is 53.6. The SMILES string of the molecule is COc1ccc([Si](C)(C)[C@H]2[C@H](C)[C@H](CCc3cccc(NC(=O)[C@H]4O[C@@H](O)[C@H](O)[C@@H](O)[C@@H]4O)c3)O[C@@H]2CC(=O)N2CCC[C@H]2CO)cc1. The molecule has 0 aromatic heterocycles. The first kappa shape index (κ1) is 36.4. The second-order valence-corrected chi connectivity index (χ2v) is 18.7. The molecule has 0 aliphatic carbocycles. The number of hydrogen-bond donors (Lipinski definition) is 6. The molecule has 3 heterocycles. The van der Waals surface area contributed by atoms with Gasteiger partial charge >= 0.3 is 0 Å². The van der Waals surface area contributed by atoms with E-state index in [2.05, 4.69) is 37.5 Å². The number of rotatable bonds is 11. The Morgan fingerprint density at radius 3 is 2.42 bits per heavy atom. The maximum absolute atomic E-state index is 13.6. The maximum Gasteiger partial charge on any atom is 0.256 e. The summed E-state index contributed by atoms with van der Waals surface area (Å²) in [6.45, 7) is 7.51. The Labute approximate surface area is 282 Å². The number of aliphatic hydroxyl groups is 5. The molecule has 13 heteroatoms. The van der Waals surface area contributed by atoms with Crippen LogP contribution in [0.2, 0.25) is 18.6 Å². The van der Waals surface area contributed by atoms with Gasteiger partial charge in [-0.1, -0.05) is 49.5 Å². The van der Waals surface area contributed by atoms with E-state index in [4.69, 9.17) is 14.2 Å². The van der Waals surface area contributed by atoms with Gasteiger partial charge in [-0.05, 0) is 67.0 Å². The van der Waals surface area contributed by atoms with Gasteiger partial charge in [-0.15, -0.1) is 0 Å². The molecule has 3 saturated heterocycles. The van der Waals surface area contributed by atoms with E-state index in [-0.39, 0.29) is 48.6 Å². The number of ether oxygens (including phenoxy) is 3. The molecule has 10 atom stereocenters. The van der Waals surface area contributed by atoms with Gasteiger partial charge < -0.3 is 50.0 Å². The molecule has 2 aromatic carbocycles. The van der Waals surface area contributed by atoms with Gasteiger partial charge in [0, 0.05) is 12.2 Å². The number of carbonyl (C=O) groups excluding carboxylic acids is 2. The second kappa shape index (κ2) is 15.3. The largest absolute Gasteiger partial charge is 0.497 e. The van der Waals surface area contributed by atoms with E-state index in [9.17, 15) is 35.1 Å². The molecule has 0 spiro atoms. The molecule has 5 rings (SSSR count). The van der Waals surface area contributed by atoms with Crippen LogP contribution in [0.15, 0.2) is 48.5 Å². The number of aliphatic hydroxyl groups excluding tert-OH is 5. The van der Waals surface area contributed by atoms with Crippen molar-refractivity contribution in [2.24, 2.45) is 5.92 Å². The molecule has 264 valence electrons. The van der Waals surface area contributed by atoms with Crippen molar-refractivity contribution < 1.29 is 49.3 Å². The average molecular weight is 687 g/mol. The summed E-state index contributed by atoms with van der Waals surface area (Å²) in [5.41, 5.74) is 1.55. The molecule has 12 nitrogen and oxygen atoms in total. The number of hydrogen-bond acceptors (Lipinski definition) is 10. The number of amides is 2.